The summed E-state index contributed by atoms with van der Waals surface area (Å²) in [5.41, 5.74) is -0.860. The van der Waals surface area contributed by atoms with E-state index in [2.05, 4.69) is 60.4 Å². The molecule has 0 aliphatic heterocycles. The lowest BCUT2D eigenvalue weighted by Crippen LogP contribution is -2.62. The summed E-state index contributed by atoms with van der Waals surface area (Å²) in [4.78, 5) is 15.0. The molecule has 0 saturated carbocycles. The second kappa shape index (κ2) is 4.63. The van der Waals surface area contributed by atoms with E-state index in [0.29, 0.717) is 5.78 Å². The maximum absolute atomic E-state index is 12.7. The molecule has 108 valence electrons. The minimum atomic E-state index is -0.396. The Morgan fingerprint density at radius 3 is 1.33 bits per heavy atom. The first-order valence-electron chi connectivity index (χ1n) is 6.85. The highest BCUT2D eigenvalue weighted by Crippen LogP contribution is 2.43. The number of carbonyl (C=O) groups is 1. The number of hydrogen-bond acceptors (Lipinski definition) is 2. The van der Waals surface area contributed by atoms with Crippen LogP contribution in [0.5, 0.6) is 0 Å². The lowest BCUT2D eigenvalue weighted by Gasteiger charge is -2.53. The normalized spacial score (nSPS) is 15.1. The van der Waals surface area contributed by atoms with E-state index in [-0.39, 0.29) is 16.5 Å². The molecule has 0 aliphatic carbocycles. The second-order valence-corrected chi connectivity index (χ2v) is 8.49. The van der Waals surface area contributed by atoms with Crippen molar-refractivity contribution in [3.8, 4) is 0 Å². The summed E-state index contributed by atoms with van der Waals surface area (Å²) in [6.45, 7) is 21.1. The fourth-order valence-corrected chi connectivity index (χ4v) is 2.47. The average Bonchev–Trinajstić information content (AvgIpc) is 2.12. The van der Waals surface area contributed by atoms with Gasteiger partial charge in [-0.15, -0.1) is 0 Å². The van der Waals surface area contributed by atoms with Gasteiger partial charge in [0.25, 0.3) is 0 Å². The van der Waals surface area contributed by atoms with Crippen LogP contribution in [0.3, 0.4) is 0 Å². The van der Waals surface area contributed by atoms with Gasteiger partial charge in [-0.25, -0.2) is 0 Å². The third-order valence-electron chi connectivity index (χ3n) is 4.62. The third kappa shape index (κ3) is 3.14. The summed E-state index contributed by atoms with van der Waals surface area (Å²) < 4.78 is 0. The van der Waals surface area contributed by atoms with Crippen LogP contribution in [0.15, 0.2) is 0 Å². The Morgan fingerprint density at radius 1 is 0.778 bits per heavy atom. The number of Topliss-reactive ketones (excluding diaryl/α,β-unsaturated/α-hetero) is 1. The Hall–Kier alpha value is -0.370. The van der Waals surface area contributed by atoms with Crippen molar-refractivity contribution >= 4 is 5.78 Å². The van der Waals surface area contributed by atoms with Crippen LogP contribution in [0.1, 0.15) is 69.2 Å². The summed E-state index contributed by atoms with van der Waals surface area (Å²) >= 11 is 0. The minimum Gasteiger partial charge on any atom is -0.298 e. The molecule has 18 heavy (non-hydrogen) atoms. The van der Waals surface area contributed by atoms with Crippen molar-refractivity contribution in [2.24, 2.45) is 10.8 Å². The average molecular weight is 255 g/mol. The van der Waals surface area contributed by atoms with Crippen molar-refractivity contribution in [2.75, 3.05) is 7.05 Å². The number of rotatable bonds is 3. The fourth-order valence-electron chi connectivity index (χ4n) is 2.47. The van der Waals surface area contributed by atoms with Crippen LogP contribution in [0.4, 0.5) is 0 Å². The molecule has 0 N–H and O–H groups in total. The number of hydrogen-bond donors (Lipinski definition) is 0. The smallest absolute Gasteiger partial charge is 0.145 e. The Morgan fingerprint density at radius 2 is 1.11 bits per heavy atom. The van der Waals surface area contributed by atoms with Crippen LogP contribution in [0.25, 0.3) is 0 Å². The highest BCUT2D eigenvalue weighted by atomic mass is 16.1. The van der Waals surface area contributed by atoms with Gasteiger partial charge in [0, 0.05) is 21.9 Å². The number of carbonyl (C=O) groups excluding carboxylic acids is 1. The number of ketones is 1. The van der Waals surface area contributed by atoms with E-state index in [1.165, 1.54) is 0 Å². The van der Waals surface area contributed by atoms with Gasteiger partial charge < -0.3 is 0 Å². The predicted molar refractivity (Wildman–Crippen MR) is 79.8 cm³/mol. The topological polar surface area (TPSA) is 20.3 Å². The lowest BCUT2D eigenvalue weighted by molar-refractivity contribution is -0.145. The standard InChI is InChI=1S/C16H33NO/c1-13(2,3)12(18)15(7,8)16(9,10)17(11)14(4,5)6/h1-11H3. The lowest BCUT2D eigenvalue weighted by atomic mass is 9.63. The molecule has 0 amide bonds. The van der Waals surface area contributed by atoms with E-state index in [1.54, 1.807) is 0 Å². The first-order valence-corrected chi connectivity index (χ1v) is 6.85. The maximum atomic E-state index is 12.7. The van der Waals surface area contributed by atoms with Crippen LogP contribution in [-0.2, 0) is 4.79 Å². The molecular weight excluding hydrogens is 222 g/mol. The molecule has 0 heterocycles. The first kappa shape index (κ1) is 17.6. The molecule has 2 heteroatoms. The zero-order chi connectivity index (χ0) is 15.2. The van der Waals surface area contributed by atoms with Crippen LogP contribution in [-0.4, -0.2) is 28.8 Å². The van der Waals surface area contributed by atoms with Crippen LogP contribution in [0.2, 0.25) is 0 Å². The SMILES string of the molecule is CN(C(C)(C)C)C(C)(C)C(C)(C)C(=O)C(C)(C)C. The van der Waals surface area contributed by atoms with Gasteiger partial charge in [-0.05, 0) is 41.7 Å². The van der Waals surface area contributed by atoms with E-state index >= 15 is 0 Å². The van der Waals surface area contributed by atoms with E-state index in [0.717, 1.165) is 0 Å². The highest BCUT2D eigenvalue weighted by Gasteiger charge is 2.50. The van der Waals surface area contributed by atoms with Gasteiger partial charge in [-0.1, -0.05) is 34.6 Å². The van der Waals surface area contributed by atoms with Gasteiger partial charge in [0.2, 0.25) is 0 Å². The Balaban J connectivity index is 5.53. The Kier molecular flexibility index (Phi) is 4.53. The molecule has 0 fully saturated rings. The fraction of sp³-hybridized carbons (Fsp3) is 0.938. The van der Waals surface area contributed by atoms with Gasteiger partial charge in [-0.3, -0.25) is 9.69 Å². The molecular formula is C16H33NO. The molecule has 0 spiro atoms. The largest absolute Gasteiger partial charge is 0.298 e. The summed E-state index contributed by atoms with van der Waals surface area (Å²) in [5.74, 6) is 0.316. The van der Waals surface area contributed by atoms with Crippen molar-refractivity contribution in [2.45, 2.75) is 80.3 Å². The predicted octanol–water partition coefficient (Wildman–Crippen LogP) is 4.14. The van der Waals surface area contributed by atoms with Crippen molar-refractivity contribution < 1.29 is 4.79 Å². The van der Waals surface area contributed by atoms with Gasteiger partial charge in [0.05, 0.1) is 0 Å². The van der Waals surface area contributed by atoms with Crippen molar-refractivity contribution in [3.63, 3.8) is 0 Å². The van der Waals surface area contributed by atoms with Crippen molar-refractivity contribution in [3.05, 3.63) is 0 Å². The van der Waals surface area contributed by atoms with Crippen molar-refractivity contribution in [1.82, 2.24) is 4.90 Å². The molecule has 0 saturated heterocycles. The molecule has 2 nitrogen and oxygen atoms in total. The summed E-state index contributed by atoms with van der Waals surface area (Å²) in [7, 11) is 2.11. The van der Waals surface area contributed by atoms with Gasteiger partial charge in [0.15, 0.2) is 0 Å². The number of nitrogens with zero attached hydrogens (tertiary/aromatic N) is 1. The maximum Gasteiger partial charge on any atom is 0.145 e. The molecule has 0 atom stereocenters. The van der Waals surface area contributed by atoms with E-state index in [9.17, 15) is 4.79 Å². The van der Waals surface area contributed by atoms with Crippen LogP contribution < -0.4 is 0 Å². The van der Waals surface area contributed by atoms with E-state index in [4.69, 9.17) is 0 Å². The first-order chi connectivity index (χ1) is 7.56. The van der Waals surface area contributed by atoms with Gasteiger partial charge >= 0.3 is 0 Å². The third-order valence-corrected chi connectivity index (χ3v) is 4.62. The van der Waals surface area contributed by atoms with Crippen LogP contribution >= 0.6 is 0 Å². The van der Waals surface area contributed by atoms with E-state index in [1.807, 2.05) is 20.8 Å². The molecule has 0 rings (SSSR count). The Labute approximate surface area is 114 Å². The quantitative estimate of drug-likeness (QED) is 0.755. The van der Waals surface area contributed by atoms with E-state index < -0.39 is 5.41 Å². The van der Waals surface area contributed by atoms with Crippen LogP contribution in [0, 0.1) is 10.8 Å². The molecule has 0 aromatic rings. The van der Waals surface area contributed by atoms with Crippen molar-refractivity contribution in [1.29, 1.82) is 0 Å². The van der Waals surface area contributed by atoms with Gasteiger partial charge in [-0.2, -0.15) is 0 Å². The molecule has 0 aliphatic rings. The molecule has 0 radical (unpaired) electrons. The monoisotopic (exact) mass is 255 g/mol. The molecule has 0 bridgehead atoms. The molecule has 0 unspecified atom stereocenters. The molecule has 0 aromatic carbocycles. The second-order valence-electron chi connectivity index (χ2n) is 8.49. The summed E-state index contributed by atoms with van der Waals surface area (Å²) in [5, 5.41) is 0. The Bertz CT molecular complexity index is 313. The summed E-state index contributed by atoms with van der Waals surface area (Å²) in [6, 6.07) is 0. The zero-order valence-corrected chi connectivity index (χ0v) is 14.4. The zero-order valence-electron chi connectivity index (χ0n) is 14.4. The summed E-state index contributed by atoms with van der Waals surface area (Å²) in [6.07, 6.45) is 0. The highest BCUT2D eigenvalue weighted by molar-refractivity contribution is 5.90. The molecule has 0 aromatic heterocycles. The minimum absolute atomic E-state index is 0.0406. The van der Waals surface area contributed by atoms with Gasteiger partial charge in [0.1, 0.15) is 5.78 Å².